The number of benzene rings is 2. The van der Waals surface area contributed by atoms with E-state index in [4.69, 9.17) is 9.26 Å². The van der Waals surface area contributed by atoms with Crippen molar-refractivity contribution >= 4 is 21.8 Å². The number of hydrogen-bond donors (Lipinski definition) is 1. The van der Waals surface area contributed by atoms with E-state index < -0.39 is 6.10 Å². The van der Waals surface area contributed by atoms with E-state index in [0.717, 1.165) is 10.0 Å². The van der Waals surface area contributed by atoms with Crippen molar-refractivity contribution in [3.8, 4) is 17.1 Å². The van der Waals surface area contributed by atoms with Crippen LogP contribution in [0.1, 0.15) is 19.2 Å². The Labute approximate surface area is 159 Å². The van der Waals surface area contributed by atoms with E-state index in [2.05, 4.69) is 31.4 Å². The minimum absolute atomic E-state index is 0.147. The summed E-state index contributed by atoms with van der Waals surface area (Å²) in [6.07, 6.45) is -0.0294. The zero-order valence-corrected chi connectivity index (χ0v) is 15.8. The number of ether oxygens (including phenoxy) is 1. The number of halogens is 1. The van der Waals surface area contributed by atoms with Gasteiger partial charge in [0.05, 0.1) is 6.54 Å². The highest BCUT2D eigenvalue weighted by Gasteiger charge is 2.19. The number of hydrogen-bond acceptors (Lipinski definition) is 5. The fourth-order valence-electron chi connectivity index (χ4n) is 2.33. The lowest BCUT2D eigenvalue weighted by atomic mass is 10.2. The van der Waals surface area contributed by atoms with E-state index in [0.29, 0.717) is 23.9 Å². The monoisotopic (exact) mass is 415 g/mol. The Hall–Kier alpha value is -2.67. The molecule has 0 bridgehead atoms. The average Bonchev–Trinajstić information content (AvgIpc) is 3.14. The third-order valence-corrected chi connectivity index (χ3v) is 4.14. The first-order valence-corrected chi connectivity index (χ1v) is 9.03. The molecule has 1 atom stereocenters. The van der Waals surface area contributed by atoms with Gasteiger partial charge < -0.3 is 14.6 Å². The van der Waals surface area contributed by atoms with Crippen LogP contribution in [-0.4, -0.2) is 22.2 Å². The molecule has 0 radical (unpaired) electrons. The molecule has 7 heteroatoms. The molecule has 2 aromatic carbocycles. The molecule has 0 spiro atoms. The number of para-hydroxylation sites is 1. The topological polar surface area (TPSA) is 77.2 Å². The largest absolute Gasteiger partial charge is 0.481 e. The van der Waals surface area contributed by atoms with E-state index in [1.807, 2.05) is 61.5 Å². The zero-order valence-electron chi connectivity index (χ0n) is 14.2. The minimum atomic E-state index is -0.579. The SMILES string of the molecule is CC[C@H](Oc1ccccc1)C(=O)NCc1nc(-c2cccc(Br)c2)no1. The van der Waals surface area contributed by atoms with Crippen molar-refractivity contribution in [3.05, 3.63) is 65.0 Å². The van der Waals surface area contributed by atoms with Gasteiger partial charge in [-0.3, -0.25) is 4.79 Å². The predicted molar refractivity (Wildman–Crippen MR) is 100 cm³/mol. The molecule has 1 aromatic heterocycles. The van der Waals surface area contributed by atoms with Gasteiger partial charge in [0.15, 0.2) is 6.10 Å². The summed E-state index contributed by atoms with van der Waals surface area (Å²) in [6, 6.07) is 16.9. The van der Waals surface area contributed by atoms with Crippen molar-refractivity contribution < 1.29 is 14.1 Å². The van der Waals surface area contributed by atoms with Gasteiger partial charge in [-0.1, -0.05) is 58.3 Å². The van der Waals surface area contributed by atoms with Crippen LogP contribution in [0.3, 0.4) is 0 Å². The Bertz CT molecular complexity index is 867. The van der Waals surface area contributed by atoms with Crippen LogP contribution in [0.5, 0.6) is 5.75 Å². The fraction of sp³-hybridized carbons (Fsp3) is 0.211. The van der Waals surface area contributed by atoms with Crippen molar-refractivity contribution in [3.63, 3.8) is 0 Å². The Morgan fingerprint density at radius 3 is 2.77 bits per heavy atom. The second kappa shape index (κ2) is 8.62. The fourth-order valence-corrected chi connectivity index (χ4v) is 2.73. The van der Waals surface area contributed by atoms with Crippen molar-refractivity contribution in [2.24, 2.45) is 0 Å². The van der Waals surface area contributed by atoms with Crippen molar-refractivity contribution in [1.82, 2.24) is 15.5 Å². The molecular formula is C19H18BrN3O3. The highest BCUT2D eigenvalue weighted by molar-refractivity contribution is 9.10. The van der Waals surface area contributed by atoms with Gasteiger partial charge in [0.1, 0.15) is 5.75 Å². The van der Waals surface area contributed by atoms with Crippen molar-refractivity contribution in [2.75, 3.05) is 0 Å². The van der Waals surface area contributed by atoms with E-state index in [1.54, 1.807) is 0 Å². The summed E-state index contributed by atoms with van der Waals surface area (Å²) in [6.45, 7) is 2.04. The van der Waals surface area contributed by atoms with Gasteiger partial charge >= 0.3 is 0 Å². The first-order chi connectivity index (χ1) is 12.7. The summed E-state index contributed by atoms with van der Waals surface area (Å²) < 4.78 is 11.9. The van der Waals surface area contributed by atoms with Crippen molar-refractivity contribution in [1.29, 1.82) is 0 Å². The number of carbonyl (C=O) groups excluding carboxylic acids is 1. The summed E-state index contributed by atoms with van der Waals surface area (Å²) in [5.41, 5.74) is 0.833. The van der Waals surface area contributed by atoms with Gasteiger partial charge in [-0.25, -0.2) is 0 Å². The average molecular weight is 416 g/mol. The summed E-state index contributed by atoms with van der Waals surface area (Å²) in [4.78, 5) is 16.6. The standard InChI is InChI=1S/C19H18BrN3O3/c1-2-16(25-15-9-4-3-5-10-15)19(24)21-12-17-22-18(23-26-17)13-7-6-8-14(20)11-13/h3-11,16H,2,12H2,1H3,(H,21,24)/t16-/m0/s1. The molecule has 0 saturated carbocycles. The van der Waals surface area contributed by atoms with Crippen LogP contribution in [0.2, 0.25) is 0 Å². The third kappa shape index (κ3) is 4.70. The Kier molecular flexibility index (Phi) is 6.01. The lowest BCUT2D eigenvalue weighted by Crippen LogP contribution is -2.37. The lowest BCUT2D eigenvalue weighted by molar-refractivity contribution is -0.128. The molecule has 0 aliphatic rings. The number of aromatic nitrogens is 2. The molecule has 0 aliphatic carbocycles. The van der Waals surface area contributed by atoms with Gasteiger partial charge in [-0.05, 0) is 30.7 Å². The third-order valence-electron chi connectivity index (χ3n) is 3.65. The second-order valence-electron chi connectivity index (χ2n) is 5.57. The Balaban J connectivity index is 1.59. The molecule has 3 aromatic rings. The van der Waals surface area contributed by atoms with Crippen LogP contribution in [0.25, 0.3) is 11.4 Å². The lowest BCUT2D eigenvalue weighted by Gasteiger charge is -2.16. The molecule has 1 amide bonds. The van der Waals surface area contributed by atoms with Crippen LogP contribution in [-0.2, 0) is 11.3 Å². The molecule has 3 rings (SSSR count). The number of nitrogens with zero attached hydrogens (tertiary/aromatic N) is 2. The van der Waals surface area contributed by atoms with Crippen molar-refractivity contribution in [2.45, 2.75) is 26.0 Å². The Morgan fingerprint density at radius 2 is 2.04 bits per heavy atom. The van der Waals surface area contributed by atoms with E-state index >= 15 is 0 Å². The number of rotatable bonds is 7. The number of amides is 1. The van der Waals surface area contributed by atoms with E-state index in [-0.39, 0.29) is 12.5 Å². The normalized spacial score (nSPS) is 11.8. The molecule has 26 heavy (non-hydrogen) atoms. The van der Waals surface area contributed by atoms with Crippen LogP contribution in [0.15, 0.2) is 63.6 Å². The van der Waals surface area contributed by atoms with Gasteiger partial charge in [-0.2, -0.15) is 4.98 Å². The zero-order chi connectivity index (χ0) is 18.4. The first kappa shape index (κ1) is 18.1. The molecule has 134 valence electrons. The Morgan fingerprint density at radius 1 is 1.23 bits per heavy atom. The van der Waals surface area contributed by atoms with E-state index in [1.165, 1.54) is 0 Å². The molecule has 6 nitrogen and oxygen atoms in total. The van der Waals surface area contributed by atoms with Crippen LogP contribution in [0.4, 0.5) is 0 Å². The highest BCUT2D eigenvalue weighted by atomic mass is 79.9. The van der Waals surface area contributed by atoms with Gasteiger partial charge in [0.2, 0.25) is 11.7 Å². The molecule has 1 N–H and O–H groups in total. The summed E-state index contributed by atoms with van der Waals surface area (Å²) in [5, 5.41) is 6.73. The maximum atomic E-state index is 12.3. The minimum Gasteiger partial charge on any atom is -0.481 e. The molecule has 0 saturated heterocycles. The van der Waals surface area contributed by atoms with Gasteiger partial charge in [0.25, 0.3) is 5.91 Å². The second-order valence-corrected chi connectivity index (χ2v) is 6.48. The summed E-state index contributed by atoms with van der Waals surface area (Å²) >= 11 is 3.41. The maximum absolute atomic E-state index is 12.3. The highest BCUT2D eigenvalue weighted by Crippen LogP contribution is 2.20. The smallest absolute Gasteiger partial charge is 0.261 e. The van der Waals surface area contributed by atoms with Crippen LogP contribution in [0, 0.1) is 0 Å². The van der Waals surface area contributed by atoms with Gasteiger partial charge in [0, 0.05) is 10.0 Å². The molecule has 0 unspecified atom stereocenters. The quantitative estimate of drug-likeness (QED) is 0.631. The maximum Gasteiger partial charge on any atom is 0.261 e. The number of carbonyl (C=O) groups is 1. The van der Waals surface area contributed by atoms with E-state index in [9.17, 15) is 4.79 Å². The number of nitrogens with one attached hydrogen (secondary N) is 1. The molecule has 0 aliphatic heterocycles. The van der Waals surface area contributed by atoms with Gasteiger partial charge in [-0.15, -0.1) is 0 Å². The summed E-state index contributed by atoms with van der Waals surface area (Å²) in [7, 11) is 0. The first-order valence-electron chi connectivity index (χ1n) is 8.23. The molecular weight excluding hydrogens is 398 g/mol. The molecule has 0 fully saturated rings. The van der Waals surface area contributed by atoms with Crippen LogP contribution < -0.4 is 10.1 Å². The summed E-state index contributed by atoms with van der Waals surface area (Å²) in [5.74, 6) is 1.24. The molecule has 1 heterocycles. The predicted octanol–water partition coefficient (Wildman–Crippen LogP) is 3.97. The van der Waals surface area contributed by atoms with Crippen LogP contribution >= 0.6 is 15.9 Å².